The van der Waals surface area contributed by atoms with Crippen LogP contribution in [0.2, 0.25) is 0 Å². The van der Waals surface area contributed by atoms with Gasteiger partial charge in [0.1, 0.15) is 0 Å². The summed E-state index contributed by atoms with van der Waals surface area (Å²) in [7, 11) is 2.14. The minimum atomic E-state index is 0.567. The normalized spacial score (nSPS) is 34.1. The van der Waals surface area contributed by atoms with Gasteiger partial charge in [-0.1, -0.05) is 0 Å². The van der Waals surface area contributed by atoms with Crippen molar-refractivity contribution in [3.05, 3.63) is 0 Å². The van der Waals surface area contributed by atoms with E-state index in [9.17, 15) is 0 Å². The fraction of sp³-hybridized carbons (Fsp3) is 1.00. The summed E-state index contributed by atoms with van der Waals surface area (Å²) < 4.78 is 0. The smallest absolute Gasteiger partial charge is 0.0218 e. The molecule has 1 heterocycles. The molecule has 1 aliphatic rings. The maximum absolute atomic E-state index is 5.63. The predicted octanol–water partition coefficient (Wildman–Crippen LogP) is -0.386. The number of hydrogen-bond donors (Lipinski definition) is 2. The lowest BCUT2D eigenvalue weighted by Gasteiger charge is -2.35. The highest BCUT2D eigenvalue weighted by atomic mass is 15.1. The van der Waals surface area contributed by atoms with Gasteiger partial charge in [-0.25, -0.2) is 0 Å². The average molecular weight is 157 g/mol. The third-order valence-corrected chi connectivity index (χ3v) is 2.72. The Morgan fingerprint density at radius 2 is 2.09 bits per heavy atom. The Hall–Kier alpha value is -0.120. The molecule has 0 radical (unpaired) electrons. The molecular formula is C8H19N3. The number of likely N-dealkylation sites (N-methyl/N-ethyl adjacent to an activating group) is 1. The molecule has 11 heavy (non-hydrogen) atoms. The van der Waals surface area contributed by atoms with Gasteiger partial charge in [0.05, 0.1) is 0 Å². The molecule has 2 unspecified atom stereocenters. The maximum atomic E-state index is 5.63. The number of likely N-dealkylation sites (tertiary alicyclic amines) is 1. The minimum absolute atomic E-state index is 0.567. The summed E-state index contributed by atoms with van der Waals surface area (Å²) in [4.78, 5) is 2.34. The molecule has 0 amide bonds. The van der Waals surface area contributed by atoms with E-state index in [0.717, 1.165) is 19.6 Å². The Labute approximate surface area is 68.7 Å². The molecule has 1 aliphatic heterocycles. The molecule has 0 aromatic carbocycles. The first-order valence-electron chi connectivity index (χ1n) is 4.38. The molecule has 0 saturated carbocycles. The maximum Gasteiger partial charge on any atom is 0.0218 e. The van der Waals surface area contributed by atoms with E-state index in [1.165, 1.54) is 12.8 Å². The van der Waals surface area contributed by atoms with Crippen LogP contribution in [0.5, 0.6) is 0 Å². The van der Waals surface area contributed by atoms with Crippen LogP contribution in [0.3, 0.4) is 0 Å². The summed E-state index contributed by atoms with van der Waals surface area (Å²) in [6.45, 7) is 2.75. The van der Waals surface area contributed by atoms with Gasteiger partial charge in [0.2, 0.25) is 0 Å². The van der Waals surface area contributed by atoms with Crippen molar-refractivity contribution in [1.29, 1.82) is 0 Å². The molecule has 4 N–H and O–H groups in total. The van der Waals surface area contributed by atoms with Crippen LogP contribution >= 0.6 is 0 Å². The second-order valence-corrected chi connectivity index (χ2v) is 3.50. The van der Waals surface area contributed by atoms with Crippen molar-refractivity contribution in [3.8, 4) is 0 Å². The van der Waals surface area contributed by atoms with Gasteiger partial charge in [0.15, 0.2) is 0 Å². The standard InChI is InChI=1S/C8H19N3/c1-11-3-2-7(5-9)4-8(11)6-10/h7-8H,2-6,9-10H2,1H3. The molecule has 66 valence electrons. The fourth-order valence-corrected chi connectivity index (χ4v) is 1.74. The molecule has 1 saturated heterocycles. The molecule has 2 atom stereocenters. The van der Waals surface area contributed by atoms with Crippen LogP contribution in [-0.4, -0.2) is 37.6 Å². The molecule has 0 aromatic heterocycles. The summed E-state index contributed by atoms with van der Waals surface area (Å²) in [5.74, 6) is 0.708. The van der Waals surface area contributed by atoms with Crippen molar-refractivity contribution in [2.45, 2.75) is 18.9 Å². The molecule has 0 aliphatic carbocycles. The zero-order chi connectivity index (χ0) is 8.27. The predicted molar refractivity (Wildman–Crippen MR) is 47.3 cm³/mol. The molecule has 3 nitrogen and oxygen atoms in total. The van der Waals surface area contributed by atoms with Crippen molar-refractivity contribution in [2.75, 3.05) is 26.7 Å². The first kappa shape index (κ1) is 8.97. The fourth-order valence-electron chi connectivity index (χ4n) is 1.74. The summed E-state index contributed by atoms with van der Waals surface area (Å²) in [6, 6.07) is 0.567. The Balaban J connectivity index is 2.37. The highest BCUT2D eigenvalue weighted by Gasteiger charge is 2.23. The summed E-state index contributed by atoms with van der Waals surface area (Å²) in [5, 5.41) is 0. The van der Waals surface area contributed by atoms with Gasteiger partial charge in [-0.3, -0.25) is 0 Å². The minimum Gasteiger partial charge on any atom is -0.330 e. The number of nitrogens with two attached hydrogens (primary N) is 2. The Morgan fingerprint density at radius 3 is 2.64 bits per heavy atom. The van der Waals surface area contributed by atoms with Crippen LogP contribution in [-0.2, 0) is 0 Å². The van der Waals surface area contributed by atoms with Gasteiger partial charge < -0.3 is 16.4 Å². The molecular weight excluding hydrogens is 138 g/mol. The first-order valence-corrected chi connectivity index (χ1v) is 4.38. The Kier molecular flexibility index (Phi) is 3.30. The van der Waals surface area contributed by atoms with Crippen LogP contribution in [0.25, 0.3) is 0 Å². The van der Waals surface area contributed by atoms with Crippen molar-refractivity contribution >= 4 is 0 Å². The number of nitrogens with zero attached hydrogens (tertiary/aromatic N) is 1. The van der Waals surface area contributed by atoms with E-state index in [-0.39, 0.29) is 0 Å². The van der Waals surface area contributed by atoms with E-state index in [1.54, 1.807) is 0 Å². The highest BCUT2D eigenvalue weighted by molar-refractivity contribution is 4.80. The highest BCUT2D eigenvalue weighted by Crippen LogP contribution is 2.19. The van der Waals surface area contributed by atoms with Crippen LogP contribution < -0.4 is 11.5 Å². The Morgan fingerprint density at radius 1 is 1.36 bits per heavy atom. The molecule has 0 bridgehead atoms. The van der Waals surface area contributed by atoms with E-state index < -0.39 is 0 Å². The second-order valence-electron chi connectivity index (χ2n) is 3.50. The van der Waals surface area contributed by atoms with Gasteiger partial charge in [-0.2, -0.15) is 0 Å². The molecule has 3 heteroatoms. The van der Waals surface area contributed by atoms with Crippen molar-refractivity contribution in [2.24, 2.45) is 17.4 Å². The van der Waals surface area contributed by atoms with E-state index in [2.05, 4.69) is 11.9 Å². The lowest BCUT2D eigenvalue weighted by Crippen LogP contribution is -2.45. The quantitative estimate of drug-likeness (QED) is 0.574. The molecule has 0 aromatic rings. The van der Waals surface area contributed by atoms with Gasteiger partial charge >= 0.3 is 0 Å². The first-order chi connectivity index (χ1) is 5.27. The largest absolute Gasteiger partial charge is 0.330 e. The molecule has 1 rings (SSSR count). The summed E-state index contributed by atoms with van der Waals surface area (Å²) >= 11 is 0. The van der Waals surface area contributed by atoms with Crippen LogP contribution in [0.4, 0.5) is 0 Å². The van der Waals surface area contributed by atoms with Crippen LogP contribution in [0.15, 0.2) is 0 Å². The van der Waals surface area contributed by atoms with E-state index in [4.69, 9.17) is 11.5 Å². The Bertz CT molecular complexity index is 116. The third-order valence-electron chi connectivity index (χ3n) is 2.72. The summed E-state index contributed by atoms with van der Waals surface area (Å²) in [5.41, 5.74) is 11.2. The third kappa shape index (κ3) is 2.15. The number of piperidine rings is 1. The molecule has 1 fully saturated rings. The van der Waals surface area contributed by atoms with Gasteiger partial charge in [0, 0.05) is 12.6 Å². The van der Waals surface area contributed by atoms with Gasteiger partial charge in [0.25, 0.3) is 0 Å². The lowest BCUT2D eigenvalue weighted by atomic mass is 9.91. The van der Waals surface area contributed by atoms with E-state index in [0.29, 0.717) is 12.0 Å². The second kappa shape index (κ2) is 4.04. The topological polar surface area (TPSA) is 55.3 Å². The average Bonchev–Trinajstić information content (AvgIpc) is 2.05. The lowest BCUT2D eigenvalue weighted by molar-refractivity contribution is 0.149. The number of hydrogen-bond acceptors (Lipinski definition) is 3. The van der Waals surface area contributed by atoms with E-state index >= 15 is 0 Å². The van der Waals surface area contributed by atoms with Crippen molar-refractivity contribution in [1.82, 2.24) is 4.90 Å². The van der Waals surface area contributed by atoms with Crippen LogP contribution in [0.1, 0.15) is 12.8 Å². The van der Waals surface area contributed by atoms with Crippen molar-refractivity contribution < 1.29 is 0 Å². The number of rotatable bonds is 2. The molecule has 0 spiro atoms. The zero-order valence-corrected chi connectivity index (χ0v) is 7.29. The van der Waals surface area contributed by atoms with Gasteiger partial charge in [-0.05, 0) is 38.9 Å². The zero-order valence-electron chi connectivity index (χ0n) is 7.29. The van der Waals surface area contributed by atoms with Crippen molar-refractivity contribution in [3.63, 3.8) is 0 Å². The SMILES string of the molecule is CN1CCC(CN)CC1CN. The van der Waals surface area contributed by atoms with E-state index in [1.807, 2.05) is 0 Å². The monoisotopic (exact) mass is 157 g/mol. The van der Waals surface area contributed by atoms with Gasteiger partial charge in [-0.15, -0.1) is 0 Å². The van der Waals surface area contributed by atoms with Crippen LogP contribution in [0, 0.1) is 5.92 Å². The summed E-state index contributed by atoms with van der Waals surface area (Å²) in [6.07, 6.45) is 2.42.